The van der Waals surface area contributed by atoms with E-state index >= 15 is 0 Å². The first-order chi connectivity index (χ1) is 11.9. The van der Waals surface area contributed by atoms with Crippen LogP contribution in [0.2, 0.25) is 10.0 Å². The molecule has 25 heavy (non-hydrogen) atoms. The van der Waals surface area contributed by atoms with Gasteiger partial charge in [-0.3, -0.25) is 4.79 Å². The number of hydrogen-bond donors (Lipinski definition) is 2. The van der Waals surface area contributed by atoms with E-state index in [1.807, 2.05) is 12.1 Å². The first-order valence-electron chi connectivity index (χ1n) is 6.88. The fourth-order valence-corrected chi connectivity index (χ4v) is 3.10. The van der Waals surface area contributed by atoms with Gasteiger partial charge < -0.3 is 11.1 Å². The second-order valence-corrected chi connectivity index (χ2v) is 6.61. The van der Waals surface area contributed by atoms with Crippen molar-refractivity contribution in [3.8, 4) is 12.1 Å². The smallest absolute Gasteiger partial charge is 0.230 e. The van der Waals surface area contributed by atoms with Gasteiger partial charge in [0.25, 0.3) is 0 Å². The predicted molar refractivity (Wildman–Crippen MR) is 97.1 cm³/mol. The lowest BCUT2D eigenvalue weighted by Gasteiger charge is -2.08. The number of anilines is 1. The summed E-state index contributed by atoms with van der Waals surface area (Å²) in [5.74, 6) is -0.194. The molecule has 2 aromatic rings. The first kappa shape index (κ1) is 18.9. The van der Waals surface area contributed by atoms with Gasteiger partial charge in [0.05, 0.1) is 16.9 Å². The molecule has 6 nitrogen and oxygen atoms in total. The summed E-state index contributed by atoms with van der Waals surface area (Å²) >= 11 is 12.9. The second-order valence-electron chi connectivity index (χ2n) is 4.80. The Bertz CT molecular complexity index is 905. The Hall–Kier alpha value is -2.45. The van der Waals surface area contributed by atoms with Crippen molar-refractivity contribution in [2.75, 3.05) is 11.5 Å². The topological polar surface area (TPSA) is 116 Å². The second kappa shape index (κ2) is 8.59. The van der Waals surface area contributed by atoms with E-state index in [1.165, 1.54) is 6.07 Å². The van der Waals surface area contributed by atoms with Crippen molar-refractivity contribution >= 4 is 46.7 Å². The van der Waals surface area contributed by atoms with Crippen LogP contribution < -0.4 is 11.1 Å². The van der Waals surface area contributed by atoms with Crippen molar-refractivity contribution in [3.63, 3.8) is 0 Å². The number of halogens is 2. The zero-order valence-corrected chi connectivity index (χ0v) is 15.0. The molecule has 3 N–H and O–H groups in total. The van der Waals surface area contributed by atoms with Gasteiger partial charge in [-0.15, -0.1) is 0 Å². The highest BCUT2D eigenvalue weighted by atomic mass is 35.5. The van der Waals surface area contributed by atoms with E-state index in [0.29, 0.717) is 15.1 Å². The molecular weight excluding hydrogens is 381 g/mol. The van der Waals surface area contributed by atoms with Crippen LogP contribution in [0.1, 0.15) is 16.7 Å². The van der Waals surface area contributed by atoms with Gasteiger partial charge in [0.2, 0.25) is 5.91 Å². The Morgan fingerprint density at radius 3 is 2.60 bits per heavy atom. The maximum absolute atomic E-state index is 12.0. The van der Waals surface area contributed by atoms with Crippen molar-refractivity contribution in [1.29, 1.82) is 10.5 Å². The summed E-state index contributed by atoms with van der Waals surface area (Å²) in [5.41, 5.74) is 6.71. The van der Waals surface area contributed by atoms with Gasteiger partial charge in [-0.25, -0.2) is 4.98 Å². The van der Waals surface area contributed by atoms with E-state index in [-0.39, 0.29) is 35.1 Å². The van der Waals surface area contributed by atoms with Crippen LogP contribution in [0.15, 0.2) is 29.3 Å². The number of carbonyl (C=O) groups is 1. The molecule has 0 aliphatic rings. The molecule has 2 rings (SSSR count). The standard InChI is InChI=1S/C16H11Cl2N5OS/c17-12-2-1-9(13(18)4-12)7-22-14(24)8-25-16-11(6-20)3-10(5-19)15(21)23-16/h1-4H,7-8H2,(H2,21,23)(H,22,24). The SMILES string of the molecule is N#Cc1cc(C#N)c(SCC(=O)NCc2ccc(Cl)cc2Cl)nc1N. The molecule has 0 spiro atoms. The molecule has 9 heteroatoms. The summed E-state index contributed by atoms with van der Waals surface area (Å²) in [5, 5.41) is 22.0. The fraction of sp³-hybridized carbons (Fsp3) is 0.125. The first-order valence-corrected chi connectivity index (χ1v) is 8.63. The third kappa shape index (κ3) is 5.01. The minimum Gasteiger partial charge on any atom is -0.383 e. The average molecular weight is 392 g/mol. The number of thioether (sulfide) groups is 1. The number of aromatic nitrogens is 1. The molecule has 1 aromatic heterocycles. The molecule has 0 aliphatic heterocycles. The number of hydrogen-bond acceptors (Lipinski definition) is 6. The molecule has 126 valence electrons. The summed E-state index contributed by atoms with van der Waals surface area (Å²) in [7, 11) is 0. The molecular formula is C16H11Cl2N5OS. The van der Waals surface area contributed by atoms with Crippen molar-refractivity contribution < 1.29 is 4.79 Å². The van der Waals surface area contributed by atoms with Gasteiger partial charge in [0, 0.05) is 16.6 Å². The fourth-order valence-electron chi connectivity index (χ4n) is 1.83. The van der Waals surface area contributed by atoms with Crippen LogP contribution in [0, 0.1) is 22.7 Å². The third-order valence-corrected chi connectivity index (χ3v) is 4.67. The molecule has 1 amide bonds. The van der Waals surface area contributed by atoms with Crippen molar-refractivity contribution in [2.24, 2.45) is 0 Å². The number of rotatable bonds is 5. The van der Waals surface area contributed by atoms with Crippen LogP contribution in [-0.4, -0.2) is 16.6 Å². The summed E-state index contributed by atoms with van der Waals surface area (Å²) in [6.07, 6.45) is 0. The molecule has 0 fully saturated rings. The van der Waals surface area contributed by atoms with Crippen molar-refractivity contribution in [2.45, 2.75) is 11.6 Å². The molecule has 0 bridgehead atoms. The van der Waals surface area contributed by atoms with Crippen LogP contribution in [0.4, 0.5) is 5.82 Å². The molecule has 1 aromatic carbocycles. The van der Waals surface area contributed by atoms with E-state index in [4.69, 9.17) is 39.5 Å². The largest absolute Gasteiger partial charge is 0.383 e. The number of benzene rings is 1. The summed E-state index contributed by atoms with van der Waals surface area (Å²) in [6, 6.07) is 10.2. The van der Waals surface area contributed by atoms with Gasteiger partial charge in [-0.05, 0) is 23.8 Å². The zero-order valence-electron chi connectivity index (χ0n) is 12.7. The van der Waals surface area contributed by atoms with Gasteiger partial charge in [-0.2, -0.15) is 10.5 Å². The van der Waals surface area contributed by atoms with E-state index in [9.17, 15) is 4.79 Å². The zero-order chi connectivity index (χ0) is 18.4. The Morgan fingerprint density at radius 1 is 1.24 bits per heavy atom. The number of carbonyl (C=O) groups excluding carboxylic acids is 1. The minimum absolute atomic E-state index is 0.0253. The number of nitrogens with one attached hydrogen (secondary N) is 1. The van der Waals surface area contributed by atoms with Crippen LogP contribution in [0.25, 0.3) is 0 Å². The maximum atomic E-state index is 12.0. The number of nitrogens with two attached hydrogens (primary N) is 1. The Balaban J connectivity index is 1.97. The Morgan fingerprint density at radius 2 is 1.96 bits per heavy atom. The molecule has 0 radical (unpaired) electrons. The maximum Gasteiger partial charge on any atom is 0.230 e. The van der Waals surface area contributed by atoms with Gasteiger partial charge in [-0.1, -0.05) is 41.0 Å². The lowest BCUT2D eigenvalue weighted by atomic mass is 10.2. The lowest BCUT2D eigenvalue weighted by Crippen LogP contribution is -2.24. The average Bonchev–Trinajstić information content (AvgIpc) is 2.59. The quantitative estimate of drug-likeness (QED) is 0.756. The van der Waals surface area contributed by atoms with E-state index in [0.717, 1.165) is 17.3 Å². The van der Waals surface area contributed by atoms with Gasteiger partial charge in [0.15, 0.2) is 0 Å². The molecule has 0 unspecified atom stereocenters. The van der Waals surface area contributed by atoms with E-state index < -0.39 is 0 Å². The molecule has 0 saturated carbocycles. The summed E-state index contributed by atoms with van der Waals surface area (Å²) < 4.78 is 0. The van der Waals surface area contributed by atoms with Gasteiger partial charge >= 0.3 is 0 Å². The Labute approximate surface area is 158 Å². The highest BCUT2D eigenvalue weighted by Crippen LogP contribution is 2.24. The minimum atomic E-state index is -0.260. The molecule has 0 saturated heterocycles. The molecule has 1 heterocycles. The predicted octanol–water partition coefficient (Wildman–Crippen LogP) is 3.12. The number of nitrogen functional groups attached to an aromatic ring is 1. The van der Waals surface area contributed by atoms with Crippen molar-refractivity contribution in [3.05, 3.63) is 51.0 Å². The van der Waals surface area contributed by atoms with E-state index in [1.54, 1.807) is 18.2 Å². The van der Waals surface area contributed by atoms with Crippen LogP contribution in [-0.2, 0) is 11.3 Å². The lowest BCUT2D eigenvalue weighted by molar-refractivity contribution is -0.118. The van der Waals surface area contributed by atoms with Crippen molar-refractivity contribution in [1.82, 2.24) is 10.3 Å². The third-order valence-electron chi connectivity index (χ3n) is 3.09. The van der Waals surface area contributed by atoms with Crippen LogP contribution in [0.5, 0.6) is 0 Å². The van der Waals surface area contributed by atoms with Gasteiger partial charge in [0.1, 0.15) is 23.0 Å². The van der Waals surface area contributed by atoms with E-state index in [2.05, 4.69) is 10.3 Å². The normalized spacial score (nSPS) is 9.92. The molecule has 0 aliphatic carbocycles. The summed E-state index contributed by atoms with van der Waals surface area (Å²) in [6.45, 7) is 0.253. The summed E-state index contributed by atoms with van der Waals surface area (Å²) in [4.78, 5) is 16.0. The highest BCUT2D eigenvalue weighted by Gasteiger charge is 2.12. The highest BCUT2D eigenvalue weighted by molar-refractivity contribution is 8.00. The molecule has 0 atom stereocenters. The number of pyridine rings is 1. The van der Waals surface area contributed by atoms with Crippen LogP contribution in [0.3, 0.4) is 0 Å². The monoisotopic (exact) mass is 391 g/mol. The number of amides is 1. The Kier molecular flexibility index (Phi) is 6.49. The number of nitriles is 2. The van der Waals surface area contributed by atoms with Crippen LogP contribution >= 0.6 is 35.0 Å². The number of nitrogens with zero attached hydrogens (tertiary/aromatic N) is 3.